The third-order valence-electron chi connectivity index (χ3n) is 5.57. The molecule has 8 nitrogen and oxygen atoms in total. The first-order valence-corrected chi connectivity index (χ1v) is 13.3. The lowest BCUT2D eigenvalue weighted by Crippen LogP contribution is -2.33. The lowest BCUT2D eigenvalue weighted by molar-refractivity contribution is 0.0674. The van der Waals surface area contributed by atoms with Crippen molar-refractivity contribution in [3.63, 3.8) is 0 Å². The smallest absolute Gasteiger partial charge is 0.253 e. The molecule has 0 fully saturated rings. The Morgan fingerprint density at radius 3 is 2.50 bits per heavy atom. The normalized spacial score (nSPS) is 13.1. The van der Waals surface area contributed by atoms with Crippen molar-refractivity contribution in [2.45, 2.75) is 65.1 Å². The van der Waals surface area contributed by atoms with E-state index in [2.05, 4.69) is 15.0 Å². The van der Waals surface area contributed by atoms with E-state index >= 15 is 0 Å². The molecule has 0 saturated heterocycles. The SMILES string of the molecule is Cc1nc2cc(NS(C)(=O)=O)cc(C(=O)NC(C)CCCC(C)(C)O)c2n1Cc1ccccc1. The zero-order valence-corrected chi connectivity index (χ0v) is 21.2. The quantitative estimate of drug-likeness (QED) is 0.403. The summed E-state index contributed by atoms with van der Waals surface area (Å²) in [6.07, 6.45) is 3.18. The Bertz CT molecular complexity index is 1260. The third kappa shape index (κ3) is 7.04. The predicted octanol–water partition coefficient (Wildman–Crippen LogP) is 3.82. The summed E-state index contributed by atoms with van der Waals surface area (Å²) in [5, 5.41) is 13.0. The minimum Gasteiger partial charge on any atom is -0.390 e. The van der Waals surface area contributed by atoms with Gasteiger partial charge in [0.2, 0.25) is 10.0 Å². The van der Waals surface area contributed by atoms with Crippen molar-refractivity contribution in [1.29, 1.82) is 0 Å². The molecular formula is C25H34N4O4S. The van der Waals surface area contributed by atoms with Crippen LogP contribution in [0.15, 0.2) is 42.5 Å². The maximum Gasteiger partial charge on any atom is 0.253 e. The number of fused-ring (bicyclic) bond motifs is 1. The number of aromatic nitrogens is 2. The van der Waals surface area contributed by atoms with E-state index in [1.807, 2.05) is 48.7 Å². The first-order valence-electron chi connectivity index (χ1n) is 11.4. The molecule has 2 aromatic carbocycles. The topological polar surface area (TPSA) is 113 Å². The zero-order valence-electron chi connectivity index (χ0n) is 20.4. The van der Waals surface area contributed by atoms with E-state index in [1.54, 1.807) is 26.0 Å². The standard InChI is InChI=1S/C25H34N4O4S/c1-17(10-9-13-25(3,4)31)26-24(30)21-14-20(28-34(5,32)33)15-22-23(21)29(18(2)27-22)16-19-11-7-6-8-12-19/h6-8,11-12,14-15,17,28,31H,9-10,13,16H2,1-5H3,(H,26,30). The second kappa shape index (κ2) is 10.1. The van der Waals surface area contributed by atoms with Crippen LogP contribution < -0.4 is 10.0 Å². The fourth-order valence-electron chi connectivity index (χ4n) is 4.00. The lowest BCUT2D eigenvalue weighted by atomic mass is 9.99. The van der Waals surface area contributed by atoms with Gasteiger partial charge in [0.05, 0.1) is 34.1 Å². The first kappa shape index (κ1) is 25.7. The lowest BCUT2D eigenvalue weighted by Gasteiger charge is -2.19. The van der Waals surface area contributed by atoms with E-state index in [0.717, 1.165) is 24.1 Å². The molecule has 3 N–H and O–H groups in total. The van der Waals surface area contributed by atoms with E-state index in [-0.39, 0.29) is 11.9 Å². The first-order chi connectivity index (χ1) is 15.8. The molecule has 0 aliphatic carbocycles. The molecule has 1 unspecified atom stereocenters. The van der Waals surface area contributed by atoms with Crippen molar-refractivity contribution < 1.29 is 18.3 Å². The highest BCUT2D eigenvalue weighted by atomic mass is 32.2. The fourth-order valence-corrected chi connectivity index (χ4v) is 4.55. The van der Waals surface area contributed by atoms with Gasteiger partial charge in [0.1, 0.15) is 5.82 Å². The number of anilines is 1. The number of carbonyl (C=O) groups excluding carboxylic acids is 1. The fraction of sp³-hybridized carbons (Fsp3) is 0.440. The Balaban J connectivity index is 1.98. The van der Waals surface area contributed by atoms with Crippen LogP contribution in [0.1, 0.15) is 61.8 Å². The summed E-state index contributed by atoms with van der Waals surface area (Å²) in [7, 11) is -3.53. The second-order valence-electron chi connectivity index (χ2n) is 9.58. The minimum absolute atomic E-state index is 0.122. The Hall–Kier alpha value is -2.91. The number of sulfonamides is 1. The largest absolute Gasteiger partial charge is 0.390 e. The van der Waals surface area contributed by atoms with E-state index in [1.165, 1.54) is 0 Å². The number of nitrogens with one attached hydrogen (secondary N) is 2. The number of aliphatic hydroxyl groups is 1. The van der Waals surface area contributed by atoms with E-state index in [9.17, 15) is 18.3 Å². The molecule has 34 heavy (non-hydrogen) atoms. The molecule has 9 heteroatoms. The maximum atomic E-state index is 13.4. The van der Waals surface area contributed by atoms with E-state index in [0.29, 0.717) is 41.7 Å². The number of aryl methyl sites for hydroxylation is 1. The number of imidazole rings is 1. The van der Waals surface area contributed by atoms with Crippen LogP contribution in [-0.4, -0.2) is 46.9 Å². The number of benzene rings is 2. The summed E-state index contributed by atoms with van der Waals surface area (Å²) >= 11 is 0. The van der Waals surface area contributed by atoms with E-state index < -0.39 is 15.6 Å². The summed E-state index contributed by atoms with van der Waals surface area (Å²) in [6.45, 7) is 7.86. The molecule has 0 spiro atoms. The number of carbonyl (C=O) groups is 1. The monoisotopic (exact) mass is 486 g/mol. The van der Waals surface area contributed by atoms with Crippen molar-refractivity contribution in [2.75, 3.05) is 11.0 Å². The molecule has 0 aliphatic heterocycles. The van der Waals surface area contributed by atoms with Crippen LogP contribution in [0.5, 0.6) is 0 Å². The molecular weight excluding hydrogens is 452 g/mol. The molecule has 3 rings (SSSR count). The van der Waals surface area contributed by atoms with Gasteiger partial charge in [0, 0.05) is 12.6 Å². The van der Waals surface area contributed by atoms with Gasteiger partial charge < -0.3 is 15.0 Å². The highest BCUT2D eigenvalue weighted by molar-refractivity contribution is 7.92. The molecule has 0 radical (unpaired) electrons. The van der Waals surface area contributed by atoms with Crippen LogP contribution in [-0.2, 0) is 16.6 Å². The number of nitrogens with zero attached hydrogens (tertiary/aromatic N) is 2. The molecule has 1 atom stereocenters. The van der Waals surface area contributed by atoms with Crippen molar-refractivity contribution in [2.24, 2.45) is 0 Å². The Morgan fingerprint density at radius 1 is 1.21 bits per heavy atom. The van der Waals surface area contributed by atoms with Crippen LogP contribution >= 0.6 is 0 Å². The minimum atomic E-state index is -3.53. The number of amides is 1. The van der Waals surface area contributed by atoms with Crippen molar-refractivity contribution in [3.8, 4) is 0 Å². The maximum absolute atomic E-state index is 13.4. The highest BCUT2D eigenvalue weighted by Crippen LogP contribution is 2.27. The summed E-state index contributed by atoms with van der Waals surface area (Å²) in [5.41, 5.74) is 2.16. The highest BCUT2D eigenvalue weighted by Gasteiger charge is 2.21. The van der Waals surface area contributed by atoms with Crippen LogP contribution in [0, 0.1) is 6.92 Å². The van der Waals surface area contributed by atoms with Crippen molar-refractivity contribution >= 4 is 32.7 Å². The Labute approximate surface area is 201 Å². The molecule has 0 bridgehead atoms. The molecule has 1 aromatic heterocycles. The molecule has 1 heterocycles. The zero-order chi connectivity index (χ0) is 25.1. The average Bonchev–Trinajstić information content (AvgIpc) is 3.00. The van der Waals surface area contributed by atoms with Crippen molar-refractivity contribution in [1.82, 2.24) is 14.9 Å². The van der Waals surface area contributed by atoms with Gasteiger partial charge in [-0.3, -0.25) is 9.52 Å². The molecule has 184 valence electrons. The third-order valence-corrected chi connectivity index (χ3v) is 6.17. The van der Waals surface area contributed by atoms with E-state index in [4.69, 9.17) is 0 Å². The number of hydrogen-bond donors (Lipinski definition) is 3. The summed E-state index contributed by atoms with van der Waals surface area (Å²) in [6, 6.07) is 13.0. The van der Waals surface area contributed by atoms with Gasteiger partial charge >= 0.3 is 0 Å². The number of rotatable bonds is 10. The van der Waals surface area contributed by atoms with Gasteiger partial charge in [-0.15, -0.1) is 0 Å². The van der Waals surface area contributed by atoms with Gasteiger partial charge in [-0.05, 0) is 64.7 Å². The van der Waals surface area contributed by atoms with Crippen LogP contribution in [0.4, 0.5) is 5.69 Å². The van der Waals surface area contributed by atoms with Crippen LogP contribution in [0.3, 0.4) is 0 Å². The molecule has 1 amide bonds. The molecule has 3 aromatic rings. The predicted molar refractivity (Wildman–Crippen MR) is 136 cm³/mol. The van der Waals surface area contributed by atoms with Gasteiger partial charge in [-0.25, -0.2) is 13.4 Å². The van der Waals surface area contributed by atoms with Crippen LogP contribution in [0.2, 0.25) is 0 Å². The Kier molecular flexibility index (Phi) is 7.67. The van der Waals surface area contributed by atoms with Gasteiger partial charge in [0.25, 0.3) is 5.91 Å². The van der Waals surface area contributed by atoms with Crippen LogP contribution in [0.25, 0.3) is 11.0 Å². The van der Waals surface area contributed by atoms with Gasteiger partial charge in [0.15, 0.2) is 0 Å². The summed E-state index contributed by atoms with van der Waals surface area (Å²) in [4.78, 5) is 18.0. The van der Waals surface area contributed by atoms with Gasteiger partial charge in [-0.2, -0.15) is 0 Å². The molecule has 0 saturated carbocycles. The van der Waals surface area contributed by atoms with Crippen molar-refractivity contribution in [3.05, 3.63) is 59.4 Å². The Morgan fingerprint density at radius 2 is 1.88 bits per heavy atom. The number of hydrogen-bond acceptors (Lipinski definition) is 5. The summed E-state index contributed by atoms with van der Waals surface area (Å²) in [5.74, 6) is 0.426. The van der Waals surface area contributed by atoms with Gasteiger partial charge in [-0.1, -0.05) is 30.3 Å². The second-order valence-corrected chi connectivity index (χ2v) is 11.3. The average molecular weight is 487 g/mol. The summed E-state index contributed by atoms with van der Waals surface area (Å²) < 4.78 is 28.1. The molecule has 0 aliphatic rings.